The summed E-state index contributed by atoms with van der Waals surface area (Å²) in [6, 6.07) is -0.0290. The van der Waals surface area contributed by atoms with Crippen LogP contribution in [0.2, 0.25) is 0 Å². The van der Waals surface area contributed by atoms with Crippen molar-refractivity contribution in [3.8, 4) is 0 Å². The fraction of sp³-hybridized carbons (Fsp3) is 0.875. The van der Waals surface area contributed by atoms with Crippen LogP contribution in [0.4, 0.5) is 0 Å². The third kappa shape index (κ3) is 5.44. The molecule has 2 N–H and O–H groups in total. The number of hydrogen-bond donors (Lipinski definition) is 2. The molecule has 7 heteroatoms. The number of morpholine rings is 1. The van der Waals surface area contributed by atoms with Crippen molar-refractivity contribution in [1.29, 1.82) is 0 Å². The van der Waals surface area contributed by atoms with E-state index in [-0.39, 0.29) is 30.0 Å². The molecule has 2 fully saturated rings. The van der Waals surface area contributed by atoms with Crippen LogP contribution in [0.15, 0.2) is 0 Å². The van der Waals surface area contributed by atoms with Gasteiger partial charge in [-0.3, -0.25) is 9.59 Å². The van der Waals surface area contributed by atoms with E-state index in [1.807, 2.05) is 6.92 Å². The predicted molar refractivity (Wildman–Crippen MR) is 88.1 cm³/mol. The molecule has 0 radical (unpaired) electrons. The minimum Gasteiger partial charge on any atom is -0.375 e. The van der Waals surface area contributed by atoms with E-state index in [0.717, 1.165) is 39.0 Å². The molecular weight excluding hydrogens is 296 g/mol. The average Bonchev–Trinajstić information content (AvgIpc) is 2.54. The van der Waals surface area contributed by atoms with Crippen molar-refractivity contribution < 1.29 is 14.3 Å². The van der Waals surface area contributed by atoms with E-state index in [4.69, 9.17) is 4.74 Å². The van der Waals surface area contributed by atoms with Crippen LogP contribution in [0.1, 0.15) is 26.2 Å². The minimum absolute atomic E-state index is 0.0402. The minimum atomic E-state index is -0.250. The summed E-state index contributed by atoms with van der Waals surface area (Å²) in [5, 5.41) is 6.36. The van der Waals surface area contributed by atoms with Gasteiger partial charge in [-0.1, -0.05) is 0 Å². The Morgan fingerprint density at radius 2 is 2.00 bits per heavy atom. The van der Waals surface area contributed by atoms with Crippen molar-refractivity contribution in [1.82, 2.24) is 20.4 Å². The second kappa shape index (κ2) is 8.61. The molecule has 2 atom stereocenters. The molecule has 2 amide bonds. The molecule has 0 aliphatic carbocycles. The van der Waals surface area contributed by atoms with Gasteiger partial charge >= 0.3 is 0 Å². The Kier molecular flexibility index (Phi) is 6.80. The molecule has 2 rings (SSSR count). The van der Waals surface area contributed by atoms with E-state index in [0.29, 0.717) is 13.0 Å². The van der Waals surface area contributed by atoms with Crippen LogP contribution in [0, 0.1) is 0 Å². The van der Waals surface area contributed by atoms with Gasteiger partial charge in [0.25, 0.3) is 0 Å². The predicted octanol–water partition coefficient (Wildman–Crippen LogP) is -0.578. The third-order valence-corrected chi connectivity index (χ3v) is 4.67. The highest BCUT2D eigenvalue weighted by Crippen LogP contribution is 2.12. The Balaban J connectivity index is 1.68. The number of carbonyl (C=O) groups excluding carboxylic acids is 2. The lowest BCUT2D eigenvalue weighted by atomic mass is 10.0. The summed E-state index contributed by atoms with van der Waals surface area (Å²) in [6.45, 7) is 5.97. The van der Waals surface area contributed by atoms with Gasteiger partial charge in [0.15, 0.2) is 0 Å². The van der Waals surface area contributed by atoms with Crippen molar-refractivity contribution in [2.45, 2.75) is 44.4 Å². The molecule has 0 unspecified atom stereocenters. The number of nitrogens with one attached hydrogen (secondary N) is 2. The maximum Gasteiger partial charge on any atom is 0.240 e. The van der Waals surface area contributed by atoms with Gasteiger partial charge < -0.3 is 25.2 Å². The summed E-state index contributed by atoms with van der Waals surface area (Å²) < 4.78 is 5.52. The molecule has 0 aromatic rings. The molecule has 2 aliphatic rings. The summed E-state index contributed by atoms with van der Waals surface area (Å²) in [5.74, 6) is 0.205. The van der Waals surface area contributed by atoms with Gasteiger partial charge in [0.05, 0.1) is 12.7 Å². The molecule has 0 aromatic carbocycles. The zero-order valence-corrected chi connectivity index (χ0v) is 14.5. The van der Waals surface area contributed by atoms with E-state index in [2.05, 4.69) is 15.5 Å². The summed E-state index contributed by atoms with van der Waals surface area (Å²) >= 11 is 0. The number of nitrogens with zero attached hydrogens (tertiary/aromatic N) is 2. The van der Waals surface area contributed by atoms with Crippen molar-refractivity contribution in [3.05, 3.63) is 0 Å². The highest BCUT2D eigenvalue weighted by atomic mass is 16.5. The van der Waals surface area contributed by atoms with Gasteiger partial charge in [-0.05, 0) is 19.8 Å². The standard InChI is InChI=1S/C16H30N4O3/c1-12-15(17-7-11-23-12)16(22)18-13-4-8-20(9-5-13)10-6-14(21)19(2)3/h12-13,15,17H,4-11H2,1-3H3,(H,18,22)/t12-,15+/m1/s1. The highest BCUT2D eigenvalue weighted by Gasteiger charge is 2.30. The number of rotatable bonds is 5. The average molecular weight is 326 g/mol. The normalized spacial score (nSPS) is 26.7. The van der Waals surface area contributed by atoms with Crippen LogP contribution >= 0.6 is 0 Å². The second-order valence-corrected chi connectivity index (χ2v) is 6.67. The molecule has 2 saturated heterocycles. The first-order valence-corrected chi connectivity index (χ1v) is 8.55. The number of carbonyl (C=O) groups is 2. The highest BCUT2D eigenvalue weighted by molar-refractivity contribution is 5.82. The zero-order valence-electron chi connectivity index (χ0n) is 14.5. The van der Waals surface area contributed by atoms with Crippen LogP contribution in [-0.2, 0) is 14.3 Å². The SMILES string of the molecule is C[C@H]1OCCN[C@@H]1C(=O)NC1CCN(CCC(=O)N(C)C)CC1. The number of amides is 2. The van der Waals surface area contributed by atoms with Crippen LogP contribution in [0.3, 0.4) is 0 Å². The monoisotopic (exact) mass is 326 g/mol. The van der Waals surface area contributed by atoms with Crippen molar-refractivity contribution in [3.63, 3.8) is 0 Å². The maximum absolute atomic E-state index is 12.3. The molecule has 0 bridgehead atoms. The van der Waals surface area contributed by atoms with Crippen LogP contribution < -0.4 is 10.6 Å². The topological polar surface area (TPSA) is 73.9 Å². The van der Waals surface area contributed by atoms with Gasteiger partial charge in [0.2, 0.25) is 11.8 Å². The summed E-state index contributed by atoms with van der Waals surface area (Å²) in [4.78, 5) is 27.9. The van der Waals surface area contributed by atoms with E-state index >= 15 is 0 Å². The van der Waals surface area contributed by atoms with Crippen LogP contribution in [0.25, 0.3) is 0 Å². The number of ether oxygens (including phenoxy) is 1. The first-order chi connectivity index (χ1) is 11.0. The molecule has 0 spiro atoms. The lowest BCUT2D eigenvalue weighted by Gasteiger charge is -2.35. The fourth-order valence-corrected chi connectivity index (χ4v) is 3.10. The molecule has 7 nitrogen and oxygen atoms in total. The van der Waals surface area contributed by atoms with Crippen LogP contribution in [0.5, 0.6) is 0 Å². The quantitative estimate of drug-likeness (QED) is 0.707. The Morgan fingerprint density at radius 1 is 1.30 bits per heavy atom. The Labute approximate surface area is 138 Å². The Bertz CT molecular complexity index is 408. The summed E-state index contributed by atoms with van der Waals surface area (Å²) in [5.41, 5.74) is 0. The molecule has 2 aliphatic heterocycles. The van der Waals surface area contributed by atoms with Crippen LogP contribution in [-0.4, -0.2) is 86.7 Å². The number of piperidine rings is 1. The summed E-state index contributed by atoms with van der Waals surface area (Å²) in [6.07, 6.45) is 2.35. The largest absolute Gasteiger partial charge is 0.375 e. The van der Waals surface area contributed by atoms with Gasteiger partial charge in [-0.15, -0.1) is 0 Å². The lowest BCUT2D eigenvalue weighted by Crippen LogP contribution is -2.58. The Hall–Kier alpha value is -1.18. The first kappa shape index (κ1) is 18.2. The van der Waals surface area contributed by atoms with Gasteiger partial charge in [-0.2, -0.15) is 0 Å². The van der Waals surface area contributed by atoms with E-state index in [1.54, 1.807) is 19.0 Å². The first-order valence-electron chi connectivity index (χ1n) is 8.55. The number of hydrogen-bond acceptors (Lipinski definition) is 5. The van der Waals surface area contributed by atoms with E-state index in [1.165, 1.54) is 0 Å². The lowest BCUT2D eigenvalue weighted by molar-refractivity contribution is -0.130. The molecular formula is C16H30N4O3. The zero-order chi connectivity index (χ0) is 16.8. The maximum atomic E-state index is 12.3. The van der Waals surface area contributed by atoms with E-state index < -0.39 is 0 Å². The van der Waals surface area contributed by atoms with Gasteiger partial charge in [0.1, 0.15) is 6.04 Å². The van der Waals surface area contributed by atoms with Crippen molar-refractivity contribution in [2.75, 3.05) is 46.9 Å². The van der Waals surface area contributed by atoms with E-state index in [9.17, 15) is 9.59 Å². The third-order valence-electron chi connectivity index (χ3n) is 4.67. The molecule has 0 saturated carbocycles. The molecule has 132 valence electrons. The number of likely N-dealkylation sites (tertiary alicyclic amines) is 1. The Morgan fingerprint density at radius 3 is 2.61 bits per heavy atom. The molecule has 2 heterocycles. The smallest absolute Gasteiger partial charge is 0.240 e. The second-order valence-electron chi connectivity index (χ2n) is 6.67. The fourth-order valence-electron chi connectivity index (χ4n) is 3.10. The van der Waals surface area contributed by atoms with Crippen molar-refractivity contribution in [2.24, 2.45) is 0 Å². The molecule has 0 aromatic heterocycles. The molecule has 23 heavy (non-hydrogen) atoms. The van der Waals surface area contributed by atoms with Gasteiger partial charge in [0, 0.05) is 52.7 Å². The van der Waals surface area contributed by atoms with Gasteiger partial charge in [-0.25, -0.2) is 0 Å². The summed E-state index contributed by atoms with van der Waals surface area (Å²) in [7, 11) is 3.57. The van der Waals surface area contributed by atoms with Crippen molar-refractivity contribution >= 4 is 11.8 Å².